The van der Waals surface area contributed by atoms with Gasteiger partial charge in [-0.2, -0.15) is 13.2 Å². The molecule has 0 bridgehead atoms. The Morgan fingerprint density at radius 1 is 1.17 bits per heavy atom. The van der Waals surface area contributed by atoms with Crippen molar-refractivity contribution in [3.05, 3.63) is 42.1 Å². The highest BCUT2D eigenvalue weighted by Crippen LogP contribution is 2.28. The van der Waals surface area contributed by atoms with E-state index in [2.05, 4.69) is 15.5 Å². The Balaban J connectivity index is 1.77. The van der Waals surface area contributed by atoms with Crippen molar-refractivity contribution >= 4 is 23.3 Å². The van der Waals surface area contributed by atoms with Gasteiger partial charge < -0.3 is 10.1 Å². The number of aromatic nitrogens is 2. The molecule has 120 valence electrons. The molecule has 2 heterocycles. The predicted octanol–water partition coefficient (Wildman–Crippen LogP) is 3.20. The first-order valence-electron chi connectivity index (χ1n) is 6.66. The number of benzene rings is 1. The third-order valence-electron chi connectivity index (χ3n) is 3.15. The van der Waals surface area contributed by atoms with Gasteiger partial charge in [-0.1, -0.05) is 6.07 Å². The van der Waals surface area contributed by atoms with Crippen LogP contribution in [0.2, 0.25) is 0 Å². The molecule has 0 saturated carbocycles. The highest BCUT2D eigenvalue weighted by Gasteiger charge is 2.32. The average molecular weight is 324 g/mol. The van der Waals surface area contributed by atoms with E-state index in [0.29, 0.717) is 24.5 Å². The molecule has 1 aliphatic heterocycles. The van der Waals surface area contributed by atoms with Gasteiger partial charge in [-0.25, -0.2) is 4.79 Å². The van der Waals surface area contributed by atoms with Crippen LogP contribution in [0.1, 0.15) is 5.69 Å². The van der Waals surface area contributed by atoms with Gasteiger partial charge >= 0.3 is 12.3 Å². The first-order valence-corrected chi connectivity index (χ1v) is 6.66. The molecule has 1 amide bonds. The summed E-state index contributed by atoms with van der Waals surface area (Å²) >= 11 is 0. The molecule has 1 fully saturated rings. The van der Waals surface area contributed by atoms with Crippen LogP contribution < -0.4 is 10.2 Å². The van der Waals surface area contributed by atoms with Gasteiger partial charge in [0.05, 0.1) is 6.54 Å². The van der Waals surface area contributed by atoms with Gasteiger partial charge in [0.2, 0.25) is 0 Å². The second-order valence-corrected chi connectivity index (χ2v) is 4.74. The maximum atomic E-state index is 12.4. The zero-order valence-electron chi connectivity index (χ0n) is 11.7. The molecule has 1 aliphatic rings. The lowest BCUT2D eigenvalue weighted by molar-refractivity contribution is -0.141. The summed E-state index contributed by atoms with van der Waals surface area (Å²) in [6.07, 6.45) is -4.96. The quantitative estimate of drug-likeness (QED) is 0.939. The topological polar surface area (TPSA) is 67.3 Å². The van der Waals surface area contributed by atoms with Gasteiger partial charge in [0.1, 0.15) is 6.61 Å². The maximum Gasteiger partial charge on any atom is 0.435 e. The van der Waals surface area contributed by atoms with E-state index in [0.717, 1.165) is 6.07 Å². The summed E-state index contributed by atoms with van der Waals surface area (Å²) in [5.41, 5.74) is 0.130. The Kier molecular flexibility index (Phi) is 3.77. The summed E-state index contributed by atoms with van der Waals surface area (Å²) in [6.45, 7) is 0.767. The lowest BCUT2D eigenvalue weighted by atomic mass is 10.2. The van der Waals surface area contributed by atoms with Crippen molar-refractivity contribution in [2.45, 2.75) is 6.18 Å². The van der Waals surface area contributed by atoms with Crippen LogP contribution in [0.15, 0.2) is 36.4 Å². The lowest BCUT2D eigenvalue weighted by Crippen LogP contribution is -2.23. The van der Waals surface area contributed by atoms with Crippen molar-refractivity contribution in [3.8, 4) is 0 Å². The second-order valence-electron chi connectivity index (χ2n) is 4.74. The number of hydrogen-bond donors (Lipinski definition) is 1. The number of hydrogen-bond acceptors (Lipinski definition) is 5. The third kappa shape index (κ3) is 3.33. The maximum absolute atomic E-state index is 12.4. The van der Waals surface area contributed by atoms with Crippen LogP contribution in [0.5, 0.6) is 0 Å². The van der Waals surface area contributed by atoms with E-state index >= 15 is 0 Å². The van der Waals surface area contributed by atoms with E-state index in [-0.39, 0.29) is 5.82 Å². The zero-order valence-corrected chi connectivity index (χ0v) is 11.7. The third-order valence-corrected chi connectivity index (χ3v) is 3.15. The van der Waals surface area contributed by atoms with Gasteiger partial charge in [-0.15, -0.1) is 10.2 Å². The van der Waals surface area contributed by atoms with E-state index in [1.807, 2.05) is 0 Å². The molecule has 0 spiro atoms. The van der Waals surface area contributed by atoms with E-state index in [1.165, 1.54) is 11.0 Å². The number of cyclic esters (lactones) is 1. The van der Waals surface area contributed by atoms with E-state index in [9.17, 15) is 18.0 Å². The van der Waals surface area contributed by atoms with Crippen LogP contribution in [0.3, 0.4) is 0 Å². The van der Waals surface area contributed by atoms with Crippen molar-refractivity contribution in [1.29, 1.82) is 0 Å². The molecule has 1 saturated heterocycles. The fourth-order valence-corrected chi connectivity index (χ4v) is 2.08. The summed E-state index contributed by atoms with van der Waals surface area (Å²) in [7, 11) is 0. The molecule has 0 unspecified atom stereocenters. The fraction of sp³-hybridized carbons (Fsp3) is 0.214. The van der Waals surface area contributed by atoms with Gasteiger partial charge in [-0.3, -0.25) is 4.90 Å². The molecule has 1 aromatic heterocycles. The number of carbonyl (C=O) groups is 1. The largest absolute Gasteiger partial charge is 0.447 e. The Morgan fingerprint density at radius 3 is 2.61 bits per heavy atom. The Hall–Kier alpha value is -2.84. The standard InChI is InChI=1S/C14H11F3N4O2/c15-14(16,17)11-4-5-12(20-19-11)18-9-2-1-3-10(8-9)21-6-7-23-13(21)22/h1-5,8H,6-7H2,(H,18,20). The van der Waals surface area contributed by atoms with Crippen LogP contribution >= 0.6 is 0 Å². The van der Waals surface area contributed by atoms with Gasteiger partial charge in [0.15, 0.2) is 11.5 Å². The van der Waals surface area contributed by atoms with Crippen molar-refractivity contribution in [2.24, 2.45) is 0 Å². The molecular weight excluding hydrogens is 313 g/mol. The SMILES string of the molecule is O=C1OCCN1c1cccc(Nc2ccc(C(F)(F)F)nn2)c1. The Bertz CT molecular complexity index is 719. The Morgan fingerprint density at radius 2 is 2.00 bits per heavy atom. The van der Waals surface area contributed by atoms with Crippen molar-refractivity contribution in [3.63, 3.8) is 0 Å². The molecule has 1 N–H and O–H groups in total. The molecule has 9 heteroatoms. The highest BCUT2D eigenvalue weighted by molar-refractivity contribution is 5.90. The molecule has 3 rings (SSSR count). The van der Waals surface area contributed by atoms with Crippen LogP contribution in [-0.4, -0.2) is 29.4 Å². The van der Waals surface area contributed by atoms with Crippen LogP contribution in [-0.2, 0) is 10.9 Å². The first kappa shape index (κ1) is 15.1. The predicted molar refractivity (Wildman–Crippen MR) is 75.5 cm³/mol. The number of nitrogens with zero attached hydrogens (tertiary/aromatic N) is 3. The molecule has 0 atom stereocenters. The fourth-order valence-electron chi connectivity index (χ4n) is 2.08. The summed E-state index contributed by atoms with van der Waals surface area (Å²) in [5, 5.41) is 9.47. The van der Waals surface area contributed by atoms with Crippen LogP contribution in [0.25, 0.3) is 0 Å². The molecule has 0 radical (unpaired) electrons. The van der Waals surface area contributed by atoms with Gasteiger partial charge in [0.25, 0.3) is 0 Å². The van der Waals surface area contributed by atoms with Crippen molar-refractivity contribution < 1.29 is 22.7 Å². The van der Waals surface area contributed by atoms with E-state index < -0.39 is 18.0 Å². The molecule has 2 aromatic rings. The number of ether oxygens (including phenoxy) is 1. The average Bonchev–Trinajstić information content (AvgIpc) is 2.93. The number of amides is 1. The number of nitrogens with one attached hydrogen (secondary N) is 1. The number of carbonyl (C=O) groups excluding carboxylic acids is 1. The van der Waals surface area contributed by atoms with Crippen LogP contribution in [0, 0.1) is 0 Å². The lowest BCUT2D eigenvalue weighted by Gasteiger charge is -2.14. The van der Waals surface area contributed by atoms with Crippen LogP contribution in [0.4, 0.5) is 35.2 Å². The smallest absolute Gasteiger partial charge is 0.435 e. The van der Waals surface area contributed by atoms with Crippen molar-refractivity contribution in [1.82, 2.24) is 10.2 Å². The minimum absolute atomic E-state index is 0.166. The summed E-state index contributed by atoms with van der Waals surface area (Å²) < 4.78 is 42.2. The molecule has 23 heavy (non-hydrogen) atoms. The van der Waals surface area contributed by atoms with E-state index in [4.69, 9.17) is 4.74 Å². The van der Waals surface area contributed by atoms with Crippen molar-refractivity contribution in [2.75, 3.05) is 23.4 Å². The highest BCUT2D eigenvalue weighted by atomic mass is 19.4. The molecule has 6 nitrogen and oxygen atoms in total. The number of halogens is 3. The van der Waals surface area contributed by atoms with E-state index in [1.54, 1.807) is 24.3 Å². The summed E-state index contributed by atoms with van der Waals surface area (Å²) in [5.74, 6) is 0.166. The minimum atomic E-state index is -4.53. The number of rotatable bonds is 3. The number of anilines is 3. The zero-order chi connectivity index (χ0) is 16.4. The second kappa shape index (κ2) is 5.75. The summed E-state index contributed by atoms with van der Waals surface area (Å²) in [4.78, 5) is 13.0. The van der Waals surface area contributed by atoms with Gasteiger partial charge in [0, 0.05) is 11.4 Å². The normalized spacial score (nSPS) is 14.7. The molecule has 0 aliphatic carbocycles. The molecular formula is C14H11F3N4O2. The monoisotopic (exact) mass is 324 g/mol. The first-order chi connectivity index (χ1) is 10.9. The number of alkyl halides is 3. The summed E-state index contributed by atoms with van der Waals surface area (Å²) in [6, 6.07) is 8.84. The Labute approximate surface area is 128 Å². The van der Waals surface area contributed by atoms with Gasteiger partial charge in [-0.05, 0) is 30.3 Å². The molecule has 1 aromatic carbocycles. The minimum Gasteiger partial charge on any atom is -0.447 e.